The van der Waals surface area contributed by atoms with E-state index >= 15 is 0 Å². The van der Waals surface area contributed by atoms with Gasteiger partial charge in [-0.1, -0.05) is 42.1 Å². The van der Waals surface area contributed by atoms with Crippen molar-refractivity contribution in [3.63, 3.8) is 0 Å². The van der Waals surface area contributed by atoms with Crippen molar-refractivity contribution in [1.82, 2.24) is 15.4 Å². The van der Waals surface area contributed by atoms with Crippen molar-refractivity contribution in [3.8, 4) is 34.0 Å². The van der Waals surface area contributed by atoms with Crippen molar-refractivity contribution < 1.29 is 19.5 Å². The second-order valence-corrected chi connectivity index (χ2v) is 7.41. The standard InChI is InChI=1S/C22H23N3O4S/c1-28-19-11-10-16(13-20(19)29-2)18-14-17(15-7-4-3-5-8-15)23-22(24-18)30-12-6-9-21(26)25-27/h3-5,7-8,10-11,13-14,27H,6,9,12H2,1-2H3,(H,25,26). The summed E-state index contributed by atoms with van der Waals surface area (Å²) in [7, 11) is 3.20. The molecule has 0 saturated carbocycles. The van der Waals surface area contributed by atoms with Crippen LogP contribution in [0.5, 0.6) is 11.5 Å². The number of carbonyl (C=O) groups is 1. The third-order valence-corrected chi connectivity index (χ3v) is 5.29. The summed E-state index contributed by atoms with van der Waals surface area (Å²) in [6.45, 7) is 0. The minimum atomic E-state index is -0.402. The molecule has 0 radical (unpaired) electrons. The van der Waals surface area contributed by atoms with Crippen LogP contribution >= 0.6 is 11.8 Å². The first-order valence-corrected chi connectivity index (χ1v) is 10.4. The number of ether oxygens (including phenoxy) is 2. The van der Waals surface area contributed by atoms with Gasteiger partial charge in [-0.15, -0.1) is 0 Å². The second-order valence-electron chi connectivity index (χ2n) is 6.34. The molecule has 0 atom stereocenters. The van der Waals surface area contributed by atoms with Gasteiger partial charge in [0, 0.05) is 23.3 Å². The normalized spacial score (nSPS) is 10.5. The summed E-state index contributed by atoms with van der Waals surface area (Å²) < 4.78 is 10.7. The number of aromatic nitrogens is 2. The fourth-order valence-electron chi connectivity index (χ4n) is 2.84. The molecule has 0 aliphatic carbocycles. The molecule has 0 saturated heterocycles. The number of methoxy groups -OCH3 is 2. The molecule has 156 valence electrons. The molecule has 1 heterocycles. The zero-order chi connectivity index (χ0) is 21.3. The van der Waals surface area contributed by atoms with Gasteiger partial charge in [-0.3, -0.25) is 10.0 Å². The van der Waals surface area contributed by atoms with Crippen molar-refractivity contribution in [2.75, 3.05) is 20.0 Å². The molecule has 2 N–H and O–H groups in total. The molecule has 3 aromatic rings. The smallest absolute Gasteiger partial charge is 0.243 e. The Kier molecular flexibility index (Phi) is 7.64. The van der Waals surface area contributed by atoms with E-state index in [0.29, 0.717) is 28.8 Å². The van der Waals surface area contributed by atoms with E-state index in [1.165, 1.54) is 11.8 Å². The molecule has 0 bridgehead atoms. The minimum absolute atomic E-state index is 0.240. The van der Waals surface area contributed by atoms with Crippen molar-refractivity contribution in [3.05, 3.63) is 54.6 Å². The molecule has 1 amide bonds. The topological polar surface area (TPSA) is 93.6 Å². The highest BCUT2D eigenvalue weighted by atomic mass is 32.2. The van der Waals surface area contributed by atoms with Gasteiger partial charge < -0.3 is 9.47 Å². The summed E-state index contributed by atoms with van der Waals surface area (Å²) in [5, 5.41) is 9.22. The van der Waals surface area contributed by atoms with Crippen molar-refractivity contribution >= 4 is 17.7 Å². The number of rotatable bonds is 9. The van der Waals surface area contributed by atoms with Crippen molar-refractivity contribution in [2.45, 2.75) is 18.0 Å². The van der Waals surface area contributed by atoms with Crippen LogP contribution in [0.1, 0.15) is 12.8 Å². The lowest BCUT2D eigenvalue weighted by atomic mass is 10.1. The number of benzene rings is 2. The Balaban J connectivity index is 1.93. The number of hydroxylamine groups is 1. The highest BCUT2D eigenvalue weighted by molar-refractivity contribution is 7.99. The van der Waals surface area contributed by atoms with Gasteiger partial charge >= 0.3 is 0 Å². The number of nitrogens with zero attached hydrogens (tertiary/aromatic N) is 2. The number of hydrogen-bond acceptors (Lipinski definition) is 7. The molecule has 0 aliphatic heterocycles. The number of nitrogens with one attached hydrogen (secondary N) is 1. The van der Waals surface area contributed by atoms with Crippen LogP contribution < -0.4 is 15.0 Å². The van der Waals surface area contributed by atoms with Gasteiger partial charge in [0.25, 0.3) is 0 Å². The van der Waals surface area contributed by atoms with Crippen LogP contribution in [0.2, 0.25) is 0 Å². The highest BCUT2D eigenvalue weighted by Crippen LogP contribution is 2.33. The summed E-state index contributed by atoms with van der Waals surface area (Å²) >= 11 is 1.47. The van der Waals surface area contributed by atoms with E-state index in [0.717, 1.165) is 22.5 Å². The molecule has 0 aliphatic rings. The largest absolute Gasteiger partial charge is 0.493 e. The van der Waals surface area contributed by atoms with Gasteiger partial charge in [0.05, 0.1) is 25.6 Å². The molecule has 0 unspecified atom stereocenters. The van der Waals surface area contributed by atoms with E-state index in [4.69, 9.17) is 19.7 Å². The lowest BCUT2D eigenvalue weighted by Crippen LogP contribution is -2.18. The van der Waals surface area contributed by atoms with Crippen molar-refractivity contribution in [1.29, 1.82) is 0 Å². The number of hydrogen-bond donors (Lipinski definition) is 2. The number of amides is 1. The third kappa shape index (κ3) is 5.49. The summed E-state index contributed by atoms with van der Waals surface area (Å²) in [5.41, 5.74) is 5.09. The molecule has 1 aromatic heterocycles. The summed E-state index contributed by atoms with van der Waals surface area (Å²) in [4.78, 5) is 20.6. The Labute approximate surface area is 179 Å². The molecule has 2 aromatic carbocycles. The Morgan fingerprint density at radius 1 is 0.967 bits per heavy atom. The summed E-state index contributed by atoms with van der Waals surface area (Å²) in [5.74, 6) is 1.52. The van der Waals surface area contributed by atoms with E-state index in [2.05, 4.69) is 4.98 Å². The molecule has 8 heteroatoms. The molecule has 3 rings (SSSR count). The van der Waals surface area contributed by atoms with Crippen LogP contribution in [0, 0.1) is 0 Å². The van der Waals surface area contributed by atoms with Crippen LogP contribution in [0.25, 0.3) is 22.5 Å². The zero-order valence-corrected chi connectivity index (χ0v) is 17.6. The predicted octanol–water partition coefficient (Wildman–Crippen LogP) is 4.21. The molecule has 30 heavy (non-hydrogen) atoms. The van der Waals surface area contributed by atoms with Gasteiger partial charge in [0.1, 0.15) is 0 Å². The Morgan fingerprint density at radius 2 is 1.67 bits per heavy atom. The number of thioether (sulfide) groups is 1. The first-order valence-electron chi connectivity index (χ1n) is 9.37. The molecule has 0 fully saturated rings. The zero-order valence-electron chi connectivity index (χ0n) is 16.8. The van der Waals surface area contributed by atoms with E-state index < -0.39 is 5.91 Å². The fraction of sp³-hybridized carbons (Fsp3) is 0.227. The van der Waals surface area contributed by atoms with E-state index in [1.807, 2.05) is 54.6 Å². The Morgan fingerprint density at radius 3 is 2.33 bits per heavy atom. The molecule has 0 spiro atoms. The fourth-order valence-corrected chi connectivity index (χ4v) is 3.64. The molecular formula is C22H23N3O4S. The lowest BCUT2D eigenvalue weighted by Gasteiger charge is -2.11. The summed E-state index contributed by atoms with van der Waals surface area (Å²) in [6.07, 6.45) is 0.839. The van der Waals surface area contributed by atoms with Gasteiger partial charge in [0.15, 0.2) is 16.7 Å². The SMILES string of the molecule is COc1ccc(-c2cc(-c3ccccc3)nc(SCCCC(=O)NO)n2)cc1OC. The Hall–Kier alpha value is -3.10. The quantitative estimate of drug-likeness (QED) is 0.174. The highest BCUT2D eigenvalue weighted by Gasteiger charge is 2.12. The third-order valence-electron chi connectivity index (χ3n) is 4.36. The van der Waals surface area contributed by atoms with Crippen LogP contribution in [0.4, 0.5) is 0 Å². The van der Waals surface area contributed by atoms with Gasteiger partial charge in [-0.25, -0.2) is 15.4 Å². The van der Waals surface area contributed by atoms with Crippen LogP contribution in [-0.2, 0) is 4.79 Å². The van der Waals surface area contributed by atoms with E-state index in [9.17, 15) is 4.79 Å². The number of carbonyl (C=O) groups excluding carboxylic acids is 1. The average molecular weight is 426 g/mol. The first kappa shape index (κ1) is 21.6. The monoisotopic (exact) mass is 425 g/mol. The van der Waals surface area contributed by atoms with E-state index in [-0.39, 0.29) is 6.42 Å². The molecular weight excluding hydrogens is 402 g/mol. The van der Waals surface area contributed by atoms with Gasteiger partial charge in [-0.2, -0.15) is 0 Å². The van der Waals surface area contributed by atoms with Crippen molar-refractivity contribution in [2.24, 2.45) is 0 Å². The van der Waals surface area contributed by atoms with Gasteiger partial charge in [0.2, 0.25) is 5.91 Å². The maximum Gasteiger partial charge on any atom is 0.243 e. The lowest BCUT2D eigenvalue weighted by molar-refractivity contribution is -0.129. The maximum absolute atomic E-state index is 11.2. The van der Waals surface area contributed by atoms with Crippen LogP contribution in [0.15, 0.2) is 59.8 Å². The minimum Gasteiger partial charge on any atom is -0.493 e. The predicted molar refractivity (Wildman–Crippen MR) is 116 cm³/mol. The average Bonchev–Trinajstić information content (AvgIpc) is 2.81. The first-order chi connectivity index (χ1) is 14.6. The van der Waals surface area contributed by atoms with Crippen LogP contribution in [-0.4, -0.2) is 41.1 Å². The maximum atomic E-state index is 11.2. The van der Waals surface area contributed by atoms with E-state index in [1.54, 1.807) is 19.7 Å². The van der Waals surface area contributed by atoms with Crippen LogP contribution in [0.3, 0.4) is 0 Å². The van der Waals surface area contributed by atoms with Gasteiger partial charge in [-0.05, 0) is 30.7 Å². The Bertz CT molecular complexity index is 999. The molecule has 7 nitrogen and oxygen atoms in total. The second kappa shape index (κ2) is 10.6. The summed E-state index contributed by atoms with van der Waals surface area (Å²) in [6, 6.07) is 17.5.